The molecule has 2 aromatic carbocycles. The number of aliphatic hydroxyl groups excluding tert-OH is 1. The van der Waals surface area contributed by atoms with Gasteiger partial charge in [0.25, 0.3) is 0 Å². The van der Waals surface area contributed by atoms with Gasteiger partial charge in [-0.05, 0) is 54.5 Å². The molecule has 1 saturated carbocycles. The Morgan fingerprint density at radius 1 is 1.12 bits per heavy atom. The number of fused-ring (bicyclic) bond motifs is 3. The van der Waals surface area contributed by atoms with Crippen molar-refractivity contribution in [3.8, 4) is 0 Å². The number of aryl methyl sites for hydroxylation is 1. The van der Waals surface area contributed by atoms with Gasteiger partial charge in [0.15, 0.2) is 5.11 Å². The van der Waals surface area contributed by atoms with Crippen molar-refractivity contribution in [1.29, 1.82) is 0 Å². The van der Waals surface area contributed by atoms with E-state index in [4.69, 9.17) is 17.0 Å². The first-order valence-corrected chi connectivity index (χ1v) is 12.0. The van der Waals surface area contributed by atoms with E-state index in [1.165, 1.54) is 5.39 Å². The Kier molecular flexibility index (Phi) is 4.86. The molecule has 5 atom stereocenters. The third kappa shape index (κ3) is 3.05. The van der Waals surface area contributed by atoms with Crippen molar-refractivity contribution in [1.82, 2.24) is 9.47 Å². The zero-order chi connectivity index (χ0) is 23.7. The predicted octanol–water partition coefficient (Wildman–Crippen LogP) is 2.89. The molecule has 1 aromatic heterocycles. The summed E-state index contributed by atoms with van der Waals surface area (Å²) in [5.41, 5.74) is 4.37. The summed E-state index contributed by atoms with van der Waals surface area (Å²) in [4.78, 5) is 19.1. The summed E-state index contributed by atoms with van der Waals surface area (Å²) in [6.45, 7) is 0.584. The highest BCUT2D eigenvalue weighted by Crippen LogP contribution is 2.46. The Hall–Kier alpha value is -3.10. The quantitative estimate of drug-likeness (QED) is 0.459. The van der Waals surface area contributed by atoms with E-state index in [9.17, 15) is 9.90 Å². The minimum atomic E-state index is -0.683. The van der Waals surface area contributed by atoms with Gasteiger partial charge in [0, 0.05) is 56.2 Å². The smallest absolute Gasteiger partial charge is 0.311 e. The number of hydrogen-bond donors (Lipinski definition) is 1. The molecule has 5 unspecified atom stereocenters. The number of aliphatic hydroxyl groups is 1. The lowest BCUT2D eigenvalue weighted by atomic mass is 9.74. The normalized spacial score (nSPS) is 27.9. The first-order valence-electron chi connectivity index (χ1n) is 11.6. The van der Waals surface area contributed by atoms with Crippen LogP contribution < -0.4 is 9.80 Å². The highest BCUT2D eigenvalue weighted by Gasteiger charge is 2.63. The molecule has 4 heterocycles. The average Bonchev–Trinajstić information content (AvgIpc) is 3.30. The van der Waals surface area contributed by atoms with Gasteiger partial charge >= 0.3 is 5.97 Å². The van der Waals surface area contributed by atoms with Crippen molar-refractivity contribution in [3.63, 3.8) is 0 Å². The number of esters is 1. The minimum Gasteiger partial charge on any atom is -0.457 e. The summed E-state index contributed by atoms with van der Waals surface area (Å²) in [7, 11) is 6.06. The Bertz CT molecular complexity index is 1290. The second-order valence-corrected chi connectivity index (χ2v) is 10.1. The van der Waals surface area contributed by atoms with E-state index >= 15 is 0 Å². The molecular weight excluding hydrogens is 448 g/mol. The Labute approximate surface area is 204 Å². The molecule has 7 rings (SSSR count). The topological polar surface area (TPSA) is 61.2 Å². The fourth-order valence-electron chi connectivity index (χ4n) is 5.99. The van der Waals surface area contributed by atoms with Crippen molar-refractivity contribution >= 4 is 45.6 Å². The van der Waals surface area contributed by atoms with Crippen LogP contribution in [0.4, 0.5) is 11.4 Å². The van der Waals surface area contributed by atoms with Gasteiger partial charge in [-0.25, -0.2) is 0 Å². The molecule has 0 radical (unpaired) electrons. The lowest BCUT2D eigenvalue weighted by molar-refractivity contribution is -0.194. The number of hydrogen-bond acceptors (Lipinski definition) is 5. The zero-order valence-corrected chi connectivity index (χ0v) is 20.3. The van der Waals surface area contributed by atoms with E-state index in [1.54, 1.807) is 0 Å². The number of benzene rings is 2. The molecule has 176 valence electrons. The molecule has 34 heavy (non-hydrogen) atoms. The molecule has 2 bridgehead atoms. The van der Waals surface area contributed by atoms with Crippen LogP contribution in [-0.2, 0) is 23.1 Å². The number of anilines is 2. The maximum atomic E-state index is 12.8. The standard InChI is InChI=1S/C26H28N4O3S/c1-27(2)16-8-10-17(11-9-16)30-22-19-12-21(31)24(33-25(19)32)23(22)29(26(30)34)14-15-13-28(3)20-7-5-4-6-18(15)20/h4-11,13,19,21-24,31H,12,14H2,1-3H3. The number of ether oxygens (including phenoxy) is 1. The maximum Gasteiger partial charge on any atom is 0.311 e. The Morgan fingerprint density at radius 2 is 1.85 bits per heavy atom. The number of para-hydroxylation sites is 1. The number of thiocarbonyl (C=S) groups is 1. The van der Waals surface area contributed by atoms with Gasteiger partial charge < -0.3 is 29.1 Å². The minimum absolute atomic E-state index is 0.165. The van der Waals surface area contributed by atoms with Gasteiger partial charge in [0.05, 0.1) is 24.1 Å². The molecule has 1 aliphatic carbocycles. The lowest BCUT2D eigenvalue weighted by Crippen LogP contribution is -2.66. The van der Waals surface area contributed by atoms with Crippen LogP contribution in [0.15, 0.2) is 54.7 Å². The maximum absolute atomic E-state index is 12.8. The van der Waals surface area contributed by atoms with Crippen molar-refractivity contribution in [3.05, 3.63) is 60.3 Å². The van der Waals surface area contributed by atoms with Crippen LogP contribution >= 0.6 is 12.2 Å². The molecule has 3 aliphatic heterocycles. The molecule has 8 heteroatoms. The highest BCUT2D eigenvalue weighted by atomic mass is 32.1. The second-order valence-electron chi connectivity index (χ2n) is 9.77. The van der Waals surface area contributed by atoms with Crippen molar-refractivity contribution in [2.75, 3.05) is 23.9 Å². The number of carbonyl (C=O) groups is 1. The Morgan fingerprint density at radius 3 is 2.59 bits per heavy atom. The lowest BCUT2D eigenvalue weighted by Gasteiger charge is -2.49. The van der Waals surface area contributed by atoms with Crippen LogP contribution in [0.3, 0.4) is 0 Å². The van der Waals surface area contributed by atoms with Gasteiger partial charge in [0.1, 0.15) is 6.10 Å². The summed E-state index contributed by atoms with van der Waals surface area (Å²) in [5.74, 6) is -0.657. The molecule has 4 fully saturated rings. The summed E-state index contributed by atoms with van der Waals surface area (Å²) in [6.07, 6.45) is 1.27. The van der Waals surface area contributed by atoms with Gasteiger partial charge in [-0.1, -0.05) is 18.2 Å². The van der Waals surface area contributed by atoms with Gasteiger partial charge in [-0.2, -0.15) is 0 Å². The molecule has 7 nitrogen and oxygen atoms in total. The molecule has 0 amide bonds. The largest absolute Gasteiger partial charge is 0.457 e. The predicted molar refractivity (Wildman–Crippen MR) is 136 cm³/mol. The monoisotopic (exact) mass is 476 g/mol. The summed E-state index contributed by atoms with van der Waals surface area (Å²) >= 11 is 6.07. The van der Waals surface area contributed by atoms with Gasteiger partial charge in [-0.3, -0.25) is 4.79 Å². The third-order valence-corrected chi connectivity index (χ3v) is 8.03. The van der Waals surface area contributed by atoms with E-state index in [0.29, 0.717) is 18.1 Å². The van der Waals surface area contributed by atoms with E-state index in [-0.39, 0.29) is 18.1 Å². The summed E-state index contributed by atoms with van der Waals surface area (Å²) in [5, 5.41) is 12.6. The van der Waals surface area contributed by atoms with Gasteiger partial charge in [-0.15, -0.1) is 0 Å². The third-order valence-electron chi connectivity index (χ3n) is 7.60. The summed E-state index contributed by atoms with van der Waals surface area (Å²) in [6, 6.07) is 16.2. The molecule has 3 aromatic rings. The SMILES string of the molecule is CN(C)c1ccc(N2C(=S)N(Cc3cn(C)c4ccccc34)C3C4OC(=O)C(CC4O)C32)cc1. The van der Waals surface area contributed by atoms with E-state index in [0.717, 1.165) is 22.5 Å². The van der Waals surface area contributed by atoms with Crippen LogP contribution in [0.25, 0.3) is 10.9 Å². The van der Waals surface area contributed by atoms with Crippen LogP contribution in [0.1, 0.15) is 12.0 Å². The molecular formula is C26H28N4O3S. The molecule has 3 saturated heterocycles. The Balaban J connectivity index is 1.43. The van der Waals surface area contributed by atoms with E-state index < -0.39 is 18.1 Å². The van der Waals surface area contributed by atoms with E-state index in [1.807, 2.05) is 33.3 Å². The number of aromatic nitrogens is 1. The van der Waals surface area contributed by atoms with Crippen molar-refractivity contribution in [2.24, 2.45) is 13.0 Å². The van der Waals surface area contributed by atoms with Crippen LogP contribution in [0.2, 0.25) is 0 Å². The zero-order valence-electron chi connectivity index (χ0n) is 19.5. The number of rotatable bonds is 4. The van der Waals surface area contributed by atoms with Gasteiger partial charge in [0.2, 0.25) is 0 Å². The fourth-order valence-corrected chi connectivity index (χ4v) is 6.40. The highest BCUT2D eigenvalue weighted by molar-refractivity contribution is 7.80. The summed E-state index contributed by atoms with van der Waals surface area (Å²) < 4.78 is 7.85. The van der Waals surface area contributed by atoms with E-state index in [2.05, 4.69) is 61.9 Å². The second kappa shape index (κ2) is 7.71. The first-order chi connectivity index (χ1) is 16.3. The van der Waals surface area contributed by atoms with Crippen molar-refractivity contribution < 1.29 is 14.6 Å². The number of carbonyl (C=O) groups excluding carboxylic acids is 1. The van der Waals surface area contributed by atoms with Crippen molar-refractivity contribution in [2.45, 2.75) is 37.3 Å². The van der Waals surface area contributed by atoms with Crippen LogP contribution in [0, 0.1) is 5.92 Å². The number of nitrogens with zero attached hydrogens (tertiary/aromatic N) is 4. The van der Waals surface area contributed by atoms with Crippen LogP contribution in [0.5, 0.6) is 0 Å². The molecule has 4 aliphatic rings. The first kappa shape index (κ1) is 21.4. The average molecular weight is 477 g/mol. The fraction of sp³-hybridized carbons (Fsp3) is 0.385. The molecule has 0 spiro atoms. The molecule has 1 N–H and O–H groups in total. The van der Waals surface area contributed by atoms with Crippen LogP contribution in [-0.4, -0.2) is 64.0 Å².